The molecule has 1 aliphatic heterocycles. The Morgan fingerprint density at radius 3 is 2.88 bits per heavy atom. The van der Waals surface area contributed by atoms with E-state index >= 15 is 0 Å². The third-order valence-corrected chi connectivity index (χ3v) is 4.46. The molecule has 7 heteroatoms. The fraction of sp³-hybridized carbons (Fsp3) is 0.294. The molecule has 122 valence electrons. The second kappa shape index (κ2) is 5.92. The first-order chi connectivity index (χ1) is 11.7. The number of rotatable bonds is 3. The third-order valence-electron chi connectivity index (χ3n) is 4.46. The molecule has 2 N–H and O–H groups in total. The summed E-state index contributed by atoms with van der Waals surface area (Å²) in [5.74, 6) is -0.366. The molecule has 0 bridgehead atoms. The minimum Gasteiger partial charge on any atom is -0.481 e. The van der Waals surface area contributed by atoms with E-state index in [0.717, 1.165) is 35.4 Å². The number of carboxylic acid groups (broad SMARTS) is 1. The normalized spacial score (nSPS) is 18.0. The van der Waals surface area contributed by atoms with Gasteiger partial charge in [-0.15, -0.1) is 0 Å². The maximum Gasteiger partial charge on any atom is 0.308 e. The van der Waals surface area contributed by atoms with E-state index < -0.39 is 5.97 Å². The Labute approximate surface area is 138 Å². The molecule has 24 heavy (non-hydrogen) atoms. The standard InChI is InChI=1S/C17H17N5O2/c23-17(24)12-7-4-8-22(9-12)16-13-14(11-5-2-1-3-6-11)20-21-15(13)18-10-19-16/h1-3,5-6,10,12H,4,7-9H2,(H,23,24)(H,18,19,20,21). The highest BCUT2D eigenvalue weighted by Crippen LogP contribution is 2.33. The van der Waals surface area contributed by atoms with Crippen LogP contribution in [0.15, 0.2) is 36.7 Å². The van der Waals surface area contributed by atoms with Crippen LogP contribution in [0.5, 0.6) is 0 Å². The van der Waals surface area contributed by atoms with Gasteiger partial charge in [0.05, 0.1) is 17.0 Å². The number of hydrogen-bond donors (Lipinski definition) is 2. The average Bonchev–Trinajstić information content (AvgIpc) is 3.07. The summed E-state index contributed by atoms with van der Waals surface area (Å²) < 4.78 is 0. The summed E-state index contributed by atoms with van der Waals surface area (Å²) in [6, 6.07) is 9.89. The number of carbonyl (C=O) groups is 1. The molecule has 0 aliphatic carbocycles. The molecule has 1 aliphatic rings. The third kappa shape index (κ3) is 2.47. The van der Waals surface area contributed by atoms with E-state index in [0.29, 0.717) is 18.6 Å². The number of aliphatic carboxylic acids is 1. The highest BCUT2D eigenvalue weighted by molar-refractivity contribution is 5.99. The largest absolute Gasteiger partial charge is 0.481 e. The molecule has 3 heterocycles. The number of aromatic amines is 1. The van der Waals surface area contributed by atoms with Crippen LogP contribution in [0.2, 0.25) is 0 Å². The Morgan fingerprint density at radius 2 is 2.08 bits per heavy atom. The molecular formula is C17H17N5O2. The van der Waals surface area contributed by atoms with Crippen LogP contribution in [0.1, 0.15) is 12.8 Å². The maximum absolute atomic E-state index is 11.4. The Hall–Kier alpha value is -2.96. The monoisotopic (exact) mass is 323 g/mol. The lowest BCUT2D eigenvalue weighted by Crippen LogP contribution is -2.39. The second-order valence-electron chi connectivity index (χ2n) is 5.98. The van der Waals surface area contributed by atoms with Gasteiger partial charge >= 0.3 is 5.97 Å². The average molecular weight is 323 g/mol. The molecule has 4 rings (SSSR count). The number of benzene rings is 1. The number of nitrogens with one attached hydrogen (secondary N) is 1. The number of nitrogens with zero attached hydrogens (tertiary/aromatic N) is 4. The van der Waals surface area contributed by atoms with Gasteiger partial charge < -0.3 is 10.0 Å². The molecule has 0 amide bonds. The number of aromatic nitrogens is 4. The van der Waals surface area contributed by atoms with Crippen molar-refractivity contribution in [2.24, 2.45) is 5.92 Å². The molecule has 1 unspecified atom stereocenters. The van der Waals surface area contributed by atoms with Crippen molar-refractivity contribution in [2.75, 3.05) is 18.0 Å². The molecule has 2 aromatic heterocycles. The van der Waals surface area contributed by atoms with Crippen molar-refractivity contribution in [3.63, 3.8) is 0 Å². The molecular weight excluding hydrogens is 306 g/mol. The van der Waals surface area contributed by atoms with Crippen molar-refractivity contribution >= 4 is 22.8 Å². The van der Waals surface area contributed by atoms with Gasteiger partial charge in [0, 0.05) is 18.7 Å². The minimum atomic E-state index is -0.750. The van der Waals surface area contributed by atoms with Crippen molar-refractivity contribution < 1.29 is 9.90 Å². The lowest BCUT2D eigenvalue weighted by Gasteiger charge is -2.31. The Balaban J connectivity index is 1.81. The van der Waals surface area contributed by atoms with Gasteiger partial charge in [0.1, 0.15) is 12.1 Å². The zero-order chi connectivity index (χ0) is 16.5. The quantitative estimate of drug-likeness (QED) is 0.768. The van der Waals surface area contributed by atoms with E-state index in [-0.39, 0.29) is 5.92 Å². The summed E-state index contributed by atoms with van der Waals surface area (Å²) in [5, 5.41) is 17.5. The summed E-state index contributed by atoms with van der Waals surface area (Å²) in [4.78, 5) is 22.1. The first-order valence-electron chi connectivity index (χ1n) is 7.96. The predicted molar refractivity (Wildman–Crippen MR) is 89.7 cm³/mol. The van der Waals surface area contributed by atoms with Gasteiger partial charge in [0.2, 0.25) is 0 Å². The SMILES string of the molecule is O=C(O)C1CCCN(c2ncnc3n[nH]c(-c4ccccc4)c23)C1. The van der Waals surface area contributed by atoms with Gasteiger partial charge in [-0.3, -0.25) is 9.89 Å². The van der Waals surface area contributed by atoms with E-state index in [4.69, 9.17) is 0 Å². The topological polar surface area (TPSA) is 95.0 Å². The number of hydrogen-bond acceptors (Lipinski definition) is 5. The van der Waals surface area contributed by atoms with E-state index in [1.54, 1.807) is 0 Å². The summed E-state index contributed by atoms with van der Waals surface area (Å²) in [5.41, 5.74) is 2.46. The van der Waals surface area contributed by atoms with Crippen molar-refractivity contribution in [3.8, 4) is 11.3 Å². The maximum atomic E-state index is 11.4. The zero-order valence-electron chi connectivity index (χ0n) is 13.0. The number of H-pyrrole nitrogens is 1. The molecule has 0 radical (unpaired) electrons. The van der Waals surface area contributed by atoms with Crippen molar-refractivity contribution in [1.82, 2.24) is 20.2 Å². The molecule has 1 fully saturated rings. The molecule has 1 aromatic carbocycles. The van der Waals surface area contributed by atoms with Gasteiger partial charge in [-0.25, -0.2) is 9.97 Å². The first kappa shape index (κ1) is 14.6. The molecule has 7 nitrogen and oxygen atoms in total. The smallest absolute Gasteiger partial charge is 0.308 e. The number of carboxylic acids is 1. The summed E-state index contributed by atoms with van der Waals surface area (Å²) in [7, 11) is 0. The summed E-state index contributed by atoms with van der Waals surface area (Å²) in [6.07, 6.45) is 3.02. The Kier molecular flexibility index (Phi) is 3.60. The van der Waals surface area contributed by atoms with E-state index in [9.17, 15) is 9.90 Å². The van der Waals surface area contributed by atoms with Gasteiger partial charge in [-0.05, 0) is 12.8 Å². The highest BCUT2D eigenvalue weighted by Gasteiger charge is 2.28. The summed E-state index contributed by atoms with van der Waals surface area (Å²) in [6.45, 7) is 1.25. The lowest BCUT2D eigenvalue weighted by atomic mass is 9.98. The van der Waals surface area contributed by atoms with E-state index in [1.165, 1.54) is 6.33 Å². The summed E-state index contributed by atoms with van der Waals surface area (Å²) >= 11 is 0. The van der Waals surface area contributed by atoms with Gasteiger partial charge in [0.15, 0.2) is 5.65 Å². The Bertz CT molecular complexity index is 877. The van der Waals surface area contributed by atoms with Crippen molar-refractivity contribution in [3.05, 3.63) is 36.7 Å². The highest BCUT2D eigenvalue weighted by atomic mass is 16.4. The van der Waals surface area contributed by atoms with Gasteiger partial charge in [0.25, 0.3) is 0 Å². The number of piperidine rings is 1. The van der Waals surface area contributed by atoms with Crippen LogP contribution in [0.4, 0.5) is 5.82 Å². The van der Waals surface area contributed by atoms with Crippen LogP contribution in [0, 0.1) is 5.92 Å². The van der Waals surface area contributed by atoms with Crippen LogP contribution >= 0.6 is 0 Å². The van der Waals surface area contributed by atoms with E-state index in [1.807, 2.05) is 35.2 Å². The molecule has 0 spiro atoms. The second-order valence-corrected chi connectivity index (χ2v) is 5.98. The zero-order valence-corrected chi connectivity index (χ0v) is 13.0. The number of anilines is 1. The van der Waals surface area contributed by atoms with Crippen molar-refractivity contribution in [1.29, 1.82) is 0 Å². The van der Waals surface area contributed by atoms with Gasteiger partial charge in [-0.1, -0.05) is 30.3 Å². The predicted octanol–water partition coefficient (Wildman–Crippen LogP) is 2.32. The Morgan fingerprint density at radius 1 is 1.25 bits per heavy atom. The van der Waals surface area contributed by atoms with Crippen LogP contribution in [-0.4, -0.2) is 44.3 Å². The molecule has 3 aromatic rings. The first-order valence-corrected chi connectivity index (χ1v) is 7.96. The molecule has 0 saturated carbocycles. The fourth-order valence-electron chi connectivity index (χ4n) is 3.27. The van der Waals surface area contributed by atoms with E-state index in [2.05, 4.69) is 20.2 Å². The minimum absolute atomic E-state index is 0.365. The van der Waals surface area contributed by atoms with Crippen molar-refractivity contribution in [2.45, 2.75) is 12.8 Å². The van der Waals surface area contributed by atoms with Crippen LogP contribution < -0.4 is 4.90 Å². The molecule has 1 atom stereocenters. The van der Waals surface area contributed by atoms with Crippen LogP contribution in [-0.2, 0) is 4.79 Å². The lowest BCUT2D eigenvalue weighted by molar-refractivity contribution is -0.141. The van der Waals surface area contributed by atoms with Crippen LogP contribution in [0.25, 0.3) is 22.3 Å². The number of fused-ring (bicyclic) bond motifs is 1. The fourth-order valence-corrected chi connectivity index (χ4v) is 3.27. The van der Waals surface area contributed by atoms with Gasteiger partial charge in [-0.2, -0.15) is 5.10 Å². The van der Waals surface area contributed by atoms with Crippen LogP contribution in [0.3, 0.4) is 0 Å². The molecule has 1 saturated heterocycles.